The number of carbonyl (C=O) groups is 2. The zero-order valence-electron chi connectivity index (χ0n) is 24.0. The Morgan fingerprint density at radius 3 is 2.51 bits per heavy atom. The van der Waals surface area contributed by atoms with E-state index in [9.17, 15) is 14.7 Å². The van der Waals surface area contributed by atoms with Gasteiger partial charge in [-0.2, -0.15) is 0 Å². The number of nitrogen functional groups attached to an aromatic ring is 1. The summed E-state index contributed by atoms with van der Waals surface area (Å²) >= 11 is 6.02. The van der Waals surface area contributed by atoms with Crippen molar-refractivity contribution in [3.05, 3.63) is 88.5 Å². The third kappa shape index (κ3) is 8.01. The third-order valence-corrected chi connectivity index (χ3v) is 6.64. The molecule has 0 fully saturated rings. The molecule has 0 aliphatic carbocycles. The van der Waals surface area contributed by atoms with Crippen molar-refractivity contribution in [2.24, 2.45) is 4.99 Å². The number of nitrogens with zero attached hydrogens (tertiary/aromatic N) is 4. The first kappa shape index (κ1) is 30.8. The second kappa shape index (κ2) is 14.2. The minimum absolute atomic E-state index is 0.0136. The fourth-order valence-electron chi connectivity index (χ4n) is 4.27. The molecule has 0 bridgehead atoms. The zero-order chi connectivity index (χ0) is 30.9. The quantitative estimate of drug-likeness (QED) is 0.116. The maximum atomic E-state index is 11.2. The number of phenolic OH excluding ortho intramolecular Hbond substituents is 1. The average Bonchev–Trinajstić information content (AvgIpc) is 3.28. The van der Waals surface area contributed by atoms with Gasteiger partial charge in [0.2, 0.25) is 11.8 Å². The molecule has 13 heteroatoms. The first-order valence-electron chi connectivity index (χ1n) is 13.4. The fourth-order valence-corrected chi connectivity index (χ4v) is 4.39. The number of fused-ring (bicyclic) bond motifs is 3. The maximum Gasteiger partial charge on any atom is 0.239 e. The number of aliphatic imine (C=N–C) groups is 1. The Labute approximate surface area is 253 Å². The molecule has 4 aromatic rings. The number of methoxy groups -OCH3 is 1. The molecule has 0 unspecified atom stereocenters. The van der Waals surface area contributed by atoms with Crippen molar-refractivity contribution in [2.45, 2.75) is 20.4 Å². The highest BCUT2D eigenvalue weighted by atomic mass is 35.5. The summed E-state index contributed by atoms with van der Waals surface area (Å²) in [5.74, 6) is 1.96. The monoisotopic (exact) mass is 604 g/mol. The van der Waals surface area contributed by atoms with Gasteiger partial charge in [-0.15, -0.1) is 10.2 Å². The number of anilines is 2. The van der Waals surface area contributed by atoms with Gasteiger partial charge in [0.25, 0.3) is 0 Å². The van der Waals surface area contributed by atoms with Crippen LogP contribution in [0.3, 0.4) is 0 Å². The highest BCUT2D eigenvalue weighted by Crippen LogP contribution is 2.29. The lowest BCUT2D eigenvalue weighted by molar-refractivity contribution is -0.124. The van der Waals surface area contributed by atoms with E-state index in [1.54, 1.807) is 19.2 Å². The lowest BCUT2D eigenvalue weighted by Crippen LogP contribution is -2.37. The van der Waals surface area contributed by atoms with Crippen LogP contribution in [-0.2, 0) is 16.1 Å². The van der Waals surface area contributed by atoms with E-state index in [1.807, 2.05) is 54.0 Å². The molecule has 1 aliphatic heterocycles. The Hall–Kier alpha value is -5.10. The molecule has 12 nitrogen and oxygen atoms in total. The van der Waals surface area contributed by atoms with Crippen molar-refractivity contribution in [3.63, 3.8) is 0 Å². The summed E-state index contributed by atoms with van der Waals surface area (Å²) in [5, 5.41) is 26.6. The third-order valence-electron chi connectivity index (χ3n) is 6.39. The van der Waals surface area contributed by atoms with E-state index in [2.05, 4.69) is 26.1 Å². The lowest BCUT2D eigenvalue weighted by atomic mass is 10.00. The number of ether oxygens (including phenoxy) is 1. The number of nitrogens with one attached hydrogen (secondary N) is 3. The van der Waals surface area contributed by atoms with Crippen molar-refractivity contribution in [3.8, 4) is 17.2 Å². The van der Waals surface area contributed by atoms with Crippen LogP contribution in [0.4, 0.5) is 11.4 Å². The maximum absolute atomic E-state index is 11.2. The van der Waals surface area contributed by atoms with Crippen molar-refractivity contribution in [1.29, 1.82) is 0 Å². The molecule has 224 valence electrons. The van der Waals surface area contributed by atoms with E-state index in [4.69, 9.17) is 27.1 Å². The van der Waals surface area contributed by atoms with Gasteiger partial charge in [-0.3, -0.25) is 19.1 Å². The second-order valence-electron chi connectivity index (χ2n) is 9.51. The molecule has 2 heterocycles. The van der Waals surface area contributed by atoms with Gasteiger partial charge in [0, 0.05) is 47.9 Å². The number of rotatable bonds is 8. The van der Waals surface area contributed by atoms with E-state index in [1.165, 1.54) is 13.0 Å². The number of aryl methyl sites for hydroxylation is 1. The number of aromatic nitrogens is 3. The molecule has 0 radical (unpaired) electrons. The van der Waals surface area contributed by atoms with E-state index in [0.717, 1.165) is 39.9 Å². The number of hydrogen-bond acceptors (Lipinski definition) is 9. The molecule has 1 aliphatic rings. The first-order valence-corrected chi connectivity index (χ1v) is 13.8. The van der Waals surface area contributed by atoms with Crippen molar-refractivity contribution in [1.82, 2.24) is 25.4 Å². The molecule has 0 saturated heterocycles. The molecule has 0 spiro atoms. The topological polar surface area (TPSA) is 169 Å². The average molecular weight is 605 g/mol. The summed E-state index contributed by atoms with van der Waals surface area (Å²) in [6, 6.07) is 18.5. The van der Waals surface area contributed by atoms with Gasteiger partial charge >= 0.3 is 0 Å². The predicted octanol–water partition coefficient (Wildman–Crippen LogP) is 3.23. The lowest BCUT2D eigenvalue weighted by Gasteiger charge is -2.14. The number of aromatic hydroxyl groups is 1. The Bertz CT molecular complexity index is 1640. The number of amides is 2. The Balaban J connectivity index is 0.000000204. The molecule has 0 atom stereocenters. The summed E-state index contributed by atoms with van der Waals surface area (Å²) in [6.45, 7) is 4.63. The predicted molar refractivity (Wildman–Crippen MR) is 166 cm³/mol. The number of phenols is 1. The van der Waals surface area contributed by atoms with Crippen molar-refractivity contribution >= 4 is 40.5 Å². The van der Waals surface area contributed by atoms with E-state index < -0.39 is 0 Å². The van der Waals surface area contributed by atoms with Crippen LogP contribution < -0.4 is 26.4 Å². The number of halogens is 1. The van der Waals surface area contributed by atoms with Crippen LogP contribution in [0.15, 0.2) is 65.7 Å². The largest absolute Gasteiger partial charge is 0.506 e. The van der Waals surface area contributed by atoms with Crippen molar-refractivity contribution in [2.75, 3.05) is 37.8 Å². The Kier molecular flexibility index (Phi) is 10.2. The second-order valence-corrected chi connectivity index (χ2v) is 9.95. The standard InChI is InChI=1S/C18H15ClN4O.C12H18N4O3/c1-11-21-22-17-10-20-18(12-3-5-13(19)6-4-12)15-9-14(24-2)7-8-16(15)23(11)17;1-8(17)16-7-12(19)15-5-4-14-9-2-3-10(13)11(18)6-9/h3-9H,10H2,1-2H3;2-3,6,14,18H,4-5,7,13H2,1H3,(H,15,19)(H,16,17). The number of hydrogen-bond donors (Lipinski definition) is 5. The number of benzene rings is 3. The van der Waals surface area contributed by atoms with Gasteiger partial charge in [0.1, 0.15) is 23.9 Å². The van der Waals surface area contributed by atoms with Crippen LogP contribution in [-0.4, -0.2) is 64.1 Å². The van der Waals surface area contributed by atoms with E-state index in [-0.39, 0.29) is 24.1 Å². The van der Waals surface area contributed by atoms with E-state index in [0.29, 0.717) is 36.0 Å². The molecule has 6 N–H and O–H groups in total. The molecule has 43 heavy (non-hydrogen) atoms. The molecule has 3 aromatic carbocycles. The van der Waals surface area contributed by atoms with Crippen LogP contribution >= 0.6 is 11.6 Å². The van der Waals surface area contributed by atoms with Gasteiger partial charge in [-0.05, 0) is 49.4 Å². The highest BCUT2D eigenvalue weighted by molar-refractivity contribution is 6.30. The Morgan fingerprint density at radius 1 is 1.05 bits per heavy atom. The summed E-state index contributed by atoms with van der Waals surface area (Å²) in [5.41, 5.74) is 10.4. The van der Waals surface area contributed by atoms with Crippen molar-refractivity contribution < 1.29 is 19.4 Å². The minimum atomic E-state index is -0.253. The summed E-state index contributed by atoms with van der Waals surface area (Å²) in [6.07, 6.45) is 0. The fraction of sp³-hybridized carbons (Fsp3) is 0.233. The van der Waals surface area contributed by atoms with Crippen LogP contribution in [0.2, 0.25) is 5.02 Å². The summed E-state index contributed by atoms with van der Waals surface area (Å²) in [7, 11) is 1.66. The van der Waals surface area contributed by atoms with Gasteiger partial charge in [-0.25, -0.2) is 0 Å². The smallest absolute Gasteiger partial charge is 0.239 e. The summed E-state index contributed by atoms with van der Waals surface area (Å²) < 4.78 is 7.45. The molecule has 5 rings (SSSR count). The first-order chi connectivity index (χ1) is 20.7. The van der Waals surface area contributed by atoms with Gasteiger partial charge in [0.15, 0.2) is 5.82 Å². The van der Waals surface area contributed by atoms with Gasteiger partial charge in [-0.1, -0.05) is 23.7 Å². The van der Waals surface area contributed by atoms with Gasteiger partial charge in [0.05, 0.1) is 30.7 Å². The van der Waals surface area contributed by atoms with Gasteiger partial charge < -0.3 is 31.5 Å². The molecule has 1 aromatic heterocycles. The molecule has 0 saturated carbocycles. The van der Waals surface area contributed by atoms with Crippen LogP contribution in [0.25, 0.3) is 5.69 Å². The number of carbonyl (C=O) groups excluding carboxylic acids is 2. The van der Waals surface area contributed by atoms with Crippen LogP contribution in [0, 0.1) is 6.92 Å². The highest BCUT2D eigenvalue weighted by Gasteiger charge is 2.22. The summed E-state index contributed by atoms with van der Waals surface area (Å²) in [4.78, 5) is 26.6. The normalized spacial score (nSPS) is 11.5. The Morgan fingerprint density at radius 2 is 1.81 bits per heavy atom. The molecule has 2 amide bonds. The van der Waals surface area contributed by atoms with Crippen LogP contribution in [0.1, 0.15) is 29.7 Å². The molecular formula is C30H33ClN8O4. The SMILES string of the molecule is CC(=O)NCC(=O)NCCNc1ccc(N)c(O)c1.COc1ccc2c(c1)C(c1ccc(Cl)cc1)=NCc1nnc(C)n1-2. The molecular weight excluding hydrogens is 572 g/mol. The van der Waals surface area contributed by atoms with Crippen LogP contribution in [0.5, 0.6) is 11.5 Å². The zero-order valence-corrected chi connectivity index (χ0v) is 24.8. The minimum Gasteiger partial charge on any atom is -0.506 e. The number of nitrogens with two attached hydrogens (primary N) is 1. The van der Waals surface area contributed by atoms with E-state index >= 15 is 0 Å².